The molecule has 2 aromatic rings. The van der Waals surface area contributed by atoms with Crippen molar-refractivity contribution in [1.82, 2.24) is 31.3 Å². The first-order valence-corrected chi connectivity index (χ1v) is 11.7. The zero-order valence-electron chi connectivity index (χ0n) is 19.6. The minimum absolute atomic E-state index is 0.0987. The topological polar surface area (TPSA) is 106 Å². The normalized spacial score (nSPS) is 18.5. The number of piperazine rings is 1. The summed E-state index contributed by atoms with van der Waals surface area (Å²) in [7, 11) is 2.09. The Morgan fingerprint density at radius 3 is 2.17 bits per heavy atom. The van der Waals surface area contributed by atoms with Gasteiger partial charge in [0.25, 0.3) is 11.8 Å². The predicted molar refractivity (Wildman–Crippen MR) is 132 cm³/mol. The third-order valence-corrected chi connectivity index (χ3v) is 6.42. The van der Waals surface area contributed by atoms with Gasteiger partial charge < -0.3 is 20.9 Å². The van der Waals surface area contributed by atoms with E-state index in [1.165, 1.54) is 0 Å². The van der Waals surface area contributed by atoms with Crippen LogP contribution in [0.5, 0.6) is 0 Å². The Balaban J connectivity index is 1.27. The van der Waals surface area contributed by atoms with Crippen molar-refractivity contribution in [3.8, 4) is 0 Å². The molecule has 0 spiro atoms. The van der Waals surface area contributed by atoms with E-state index in [0.717, 1.165) is 42.9 Å². The van der Waals surface area contributed by atoms with E-state index < -0.39 is 0 Å². The van der Waals surface area contributed by atoms with Gasteiger partial charge in [0, 0.05) is 32.7 Å². The number of amides is 3. The third-order valence-electron chi connectivity index (χ3n) is 6.42. The lowest BCUT2D eigenvalue weighted by atomic mass is 10.0. The van der Waals surface area contributed by atoms with Crippen molar-refractivity contribution in [2.24, 2.45) is 0 Å². The average molecular weight is 473 g/mol. The fourth-order valence-corrected chi connectivity index (χ4v) is 4.47. The van der Waals surface area contributed by atoms with Gasteiger partial charge in [-0.2, -0.15) is 0 Å². The van der Waals surface area contributed by atoms with Gasteiger partial charge in [0.2, 0.25) is 5.91 Å². The monoisotopic (exact) mass is 472 g/mol. The highest BCUT2D eigenvalue weighted by atomic mass is 16.2. The molecule has 5 rings (SSSR count). The summed E-state index contributed by atoms with van der Waals surface area (Å²) in [6.07, 6.45) is 0. The number of carbonyl (C=O) groups is 3. The van der Waals surface area contributed by atoms with Crippen molar-refractivity contribution >= 4 is 29.1 Å². The molecule has 9 nitrogen and oxygen atoms in total. The lowest BCUT2D eigenvalue weighted by Gasteiger charge is -2.32. The number of hydrogen-bond donors (Lipinski definition) is 4. The molecule has 0 aromatic heterocycles. The molecule has 180 valence electrons. The SMILES string of the molecule is CN1CCN(NCC(=O)NCc2cccc(C3=C4C(=O)NC(c5ccccc5)=C4C(=O)N3)c2)CC1. The Bertz CT molecular complexity index is 1230. The molecule has 0 saturated carbocycles. The van der Waals surface area contributed by atoms with E-state index in [1.54, 1.807) is 0 Å². The zero-order valence-corrected chi connectivity index (χ0v) is 19.6. The molecule has 0 radical (unpaired) electrons. The number of carbonyl (C=O) groups excluding carboxylic acids is 3. The minimum Gasteiger partial charge on any atom is -0.351 e. The molecule has 4 N–H and O–H groups in total. The minimum atomic E-state index is -0.305. The van der Waals surface area contributed by atoms with E-state index in [4.69, 9.17) is 0 Å². The zero-order chi connectivity index (χ0) is 24.4. The van der Waals surface area contributed by atoms with Gasteiger partial charge in [-0.1, -0.05) is 48.5 Å². The second-order valence-electron chi connectivity index (χ2n) is 8.88. The standard InChI is InChI=1S/C26H28N6O3/c1-31-10-12-32(13-11-31)28-16-20(33)27-15-17-6-5-9-19(14-17)24-22-21(25(34)30-24)23(29-26(22)35)18-7-3-2-4-8-18/h2-9,14,28H,10-13,15-16H2,1H3,(H,27,33)(H,29,35)(H,30,34). The van der Waals surface area contributed by atoms with Crippen LogP contribution in [-0.4, -0.2) is 67.4 Å². The van der Waals surface area contributed by atoms with Crippen molar-refractivity contribution in [2.75, 3.05) is 39.8 Å². The summed E-state index contributed by atoms with van der Waals surface area (Å²) in [5.41, 5.74) is 7.27. The van der Waals surface area contributed by atoms with Crippen LogP contribution in [0.4, 0.5) is 0 Å². The number of nitrogens with zero attached hydrogens (tertiary/aromatic N) is 2. The van der Waals surface area contributed by atoms with Gasteiger partial charge in [-0.15, -0.1) is 0 Å². The fourth-order valence-electron chi connectivity index (χ4n) is 4.47. The van der Waals surface area contributed by atoms with Crippen LogP contribution in [0.1, 0.15) is 16.7 Å². The molecule has 3 heterocycles. The highest BCUT2D eigenvalue weighted by molar-refractivity contribution is 6.30. The van der Waals surface area contributed by atoms with Crippen molar-refractivity contribution in [3.05, 3.63) is 82.4 Å². The van der Waals surface area contributed by atoms with Gasteiger partial charge in [-0.3, -0.25) is 14.4 Å². The first-order valence-electron chi connectivity index (χ1n) is 11.7. The van der Waals surface area contributed by atoms with E-state index in [0.29, 0.717) is 29.1 Å². The maximum Gasteiger partial charge on any atom is 0.258 e. The highest BCUT2D eigenvalue weighted by Gasteiger charge is 2.40. The molecule has 3 aliphatic heterocycles. The van der Waals surface area contributed by atoms with Gasteiger partial charge in [-0.05, 0) is 29.8 Å². The van der Waals surface area contributed by atoms with Gasteiger partial charge in [0.1, 0.15) is 0 Å². The van der Waals surface area contributed by atoms with Crippen molar-refractivity contribution in [1.29, 1.82) is 0 Å². The van der Waals surface area contributed by atoms with Crippen LogP contribution in [0.25, 0.3) is 11.4 Å². The van der Waals surface area contributed by atoms with Crippen LogP contribution in [0.2, 0.25) is 0 Å². The molecule has 2 aromatic carbocycles. The summed E-state index contributed by atoms with van der Waals surface area (Å²) in [6, 6.07) is 16.8. The summed E-state index contributed by atoms with van der Waals surface area (Å²) in [5.74, 6) is -0.708. The van der Waals surface area contributed by atoms with Crippen LogP contribution in [0.3, 0.4) is 0 Å². The van der Waals surface area contributed by atoms with E-state index >= 15 is 0 Å². The average Bonchev–Trinajstić information content (AvgIpc) is 3.41. The number of hydrazine groups is 1. The maximum atomic E-state index is 12.8. The molecule has 3 amide bonds. The Labute approximate surface area is 203 Å². The first kappa shape index (κ1) is 23.0. The molecule has 0 bridgehead atoms. The van der Waals surface area contributed by atoms with Crippen molar-refractivity contribution < 1.29 is 14.4 Å². The molecule has 0 unspecified atom stereocenters. The fraction of sp³-hybridized carbons (Fsp3) is 0.269. The van der Waals surface area contributed by atoms with Gasteiger partial charge in [0.15, 0.2) is 0 Å². The second kappa shape index (κ2) is 9.83. The third kappa shape index (κ3) is 4.88. The molecule has 1 fully saturated rings. The lowest BCUT2D eigenvalue weighted by molar-refractivity contribution is -0.121. The van der Waals surface area contributed by atoms with Gasteiger partial charge >= 0.3 is 0 Å². The number of likely N-dealkylation sites (N-methyl/N-ethyl adjacent to an activating group) is 1. The largest absolute Gasteiger partial charge is 0.351 e. The molecular formula is C26H28N6O3. The summed E-state index contributed by atoms with van der Waals surface area (Å²) < 4.78 is 0. The summed E-state index contributed by atoms with van der Waals surface area (Å²) in [5, 5.41) is 10.7. The van der Waals surface area contributed by atoms with Gasteiger partial charge in [0.05, 0.1) is 29.1 Å². The number of hydrogen-bond acceptors (Lipinski definition) is 6. The number of nitrogens with one attached hydrogen (secondary N) is 4. The maximum absolute atomic E-state index is 12.8. The smallest absolute Gasteiger partial charge is 0.258 e. The number of rotatable bonds is 7. The Morgan fingerprint density at radius 2 is 1.49 bits per heavy atom. The first-order chi connectivity index (χ1) is 17.0. The van der Waals surface area contributed by atoms with Crippen LogP contribution in [-0.2, 0) is 20.9 Å². The Morgan fingerprint density at radius 1 is 0.857 bits per heavy atom. The van der Waals surface area contributed by atoms with Crippen LogP contribution < -0.4 is 21.4 Å². The van der Waals surface area contributed by atoms with E-state index in [1.807, 2.05) is 54.6 Å². The molecule has 0 atom stereocenters. The van der Waals surface area contributed by atoms with E-state index in [-0.39, 0.29) is 24.3 Å². The van der Waals surface area contributed by atoms with Crippen molar-refractivity contribution in [2.45, 2.75) is 6.54 Å². The van der Waals surface area contributed by atoms with E-state index in [2.05, 4.69) is 38.3 Å². The summed E-state index contributed by atoms with van der Waals surface area (Å²) in [6.45, 7) is 4.26. The lowest BCUT2D eigenvalue weighted by Crippen LogP contribution is -2.52. The number of fused-ring (bicyclic) bond motifs is 1. The predicted octanol–water partition coefficient (Wildman–Crippen LogP) is 0.437. The quantitative estimate of drug-likeness (QED) is 0.466. The molecular weight excluding hydrogens is 444 g/mol. The summed E-state index contributed by atoms with van der Waals surface area (Å²) in [4.78, 5) is 40.2. The van der Waals surface area contributed by atoms with E-state index in [9.17, 15) is 14.4 Å². The van der Waals surface area contributed by atoms with Gasteiger partial charge in [-0.25, -0.2) is 10.4 Å². The Kier molecular flexibility index (Phi) is 6.45. The molecule has 3 aliphatic rings. The highest BCUT2D eigenvalue weighted by Crippen LogP contribution is 2.37. The molecule has 1 saturated heterocycles. The second-order valence-corrected chi connectivity index (χ2v) is 8.88. The Hall–Kier alpha value is -3.79. The molecule has 35 heavy (non-hydrogen) atoms. The van der Waals surface area contributed by atoms with Crippen LogP contribution >= 0.6 is 0 Å². The van der Waals surface area contributed by atoms with Crippen molar-refractivity contribution in [3.63, 3.8) is 0 Å². The summed E-state index contributed by atoms with van der Waals surface area (Å²) >= 11 is 0. The molecule has 9 heteroatoms. The number of benzene rings is 2. The molecule has 0 aliphatic carbocycles. The van der Waals surface area contributed by atoms with Crippen LogP contribution in [0, 0.1) is 0 Å². The van der Waals surface area contributed by atoms with Crippen LogP contribution in [0.15, 0.2) is 65.7 Å².